The Labute approximate surface area is 186 Å². The lowest BCUT2D eigenvalue weighted by molar-refractivity contribution is -0.143. The van der Waals surface area contributed by atoms with Crippen molar-refractivity contribution in [3.8, 4) is 0 Å². The third-order valence-corrected chi connectivity index (χ3v) is 5.39. The number of carboxylic acids is 1. The van der Waals surface area contributed by atoms with E-state index < -0.39 is 30.1 Å². The summed E-state index contributed by atoms with van der Waals surface area (Å²) in [4.78, 5) is 50.1. The molecule has 1 aliphatic rings. The van der Waals surface area contributed by atoms with Crippen LogP contribution in [0.25, 0.3) is 0 Å². The average Bonchev–Trinajstić information content (AvgIpc) is 2.79. The summed E-state index contributed by atoms with van der Waals surface area (Å²) in [6.45, 7) is 1.60. The van der Waals surface area contributed by atoms with E-state index in [0.29, 0.717) is 0 Å². The van der Waals surface area contributed by atoms with Gasteiger partial charge in [0.2, 0.25) is 5.91 Å². The molecule has 8 heteroatoms. The minimum atomic E-state index is -1.23. The highest BCUT2D eigenvalue weighted by molar-refractivity contribution is 5.90. The van der Waals surface area contributed by atoms with Gasteiger partial charge in [0, 0.05) is 12.8 Å². The number of hydrogen-bond donors (Lipinski definition) is 2. The van der Waals surface area contributed by atoms with Crippen LogP contribution < -0.4 is 5.32 Å². The van der Waals surface area contributed by atoms with Crippen LogP contribution in [0.15, 0.2) is 54.6 Å². The highest BCUT2D eigenvalue weighted by atomic mass is 16.6. The Morgan fingerprint density at radius 3 is 2.38 bits per heavy atom. The maximum absolute atomic E-state index is 13.0. The normalized spacial score (nSPS) is 15.9. The number of rotatable bonds is 8. The number of nitrogens with one attached hydrogen (secondary N) is 1. The van der Waals surface area contributed by atoms with Crippen molar-refractivity contribution in [2.45, 2.75) is 51.4 Å². The summed E-state index contributed by atoms with van der Waals surface area (Å²) in [5, 5.41) is 11.9. The molecule has 0 bridgehead atoms. The van der Waals surface area contributed by atoms with Gasteiger partial charge in [-0.3, -0.25) is 9.69 Å². The van der Waals surface area contributed by atoms with Crippen LogP contribution >= 0.6 is 0 Å². The van der Waals surface area contributed by atoms with Gasteiger partial charge >= 0.3 is 12.1 Å². The van der Waals surface area contributed by atoms with Crippen molar-refractivity contribution in [1.82, 2.24) is 10.2 Å². The number of aliphatic carboxylic acids is 1. The van der Waals surface area contributed by atoms with Gasteiger partial charge in [0.25, 0.3) is 0 Å². The fraction of sp³-hybridized carbons (Fsp3) is 0.333. The number of carbonyl (C=O) groups is 4. The standard InChI is InChI=1S/C24H26N2O6/c1-16(27)11-12-20(23(29)30)25-22(28)21-13-18-9-5-6-10-19(18)14-26(21)24(31)32-15-17-7-3-2-4-8-17/h2-10,20-21H,11-15H2,1H3,(H,25,28)(H,29,30)/t20-,21-/m0/s1. The predicted octanol–water partition coefficient (Wildman–Crippen LogP) is 2.69. The second kappa shape index (κ2) is 10.6. The summed E-state index contributed by atoms with van der Waals surface area (Å²) in [6.07, 6.45) is -0.396. The Kier molecular flexibility index (Phi) is 7.59. The SMILES string of the molecule is CC(=O)CC[C@H](NC(=O)[C@@H]1Cc2ccccc2CN1C(=O)OCc1ccccc1)C(=O)O. The maximum atomic E-state index is 13.0. The second-order valence-corrected chi connectivity index (χ2v) is 7.80. The van der Waals surface area contributed by atoms with Crippen molar-refractivity contribution in [1.29, 1.82) is 0 Å². The van der Waals surface area contributed by atoms with Gasteiger partial charge in [-0.2, -0.15) is 0 Å². The first-order valence-electron chi connectivity index (χ1n) is 10.4. The third-order valence-electron chi connectivity index (χ3n) is 5.39. The van der Waals surface area contributed by atoms with Crippen molar-refractivity contribution in [2.24, 2.45) is 0 Å². The lowest BCUT2D eigenvalue weighted by atomic mass is 9.93. The predicted molar refractivity (Wildman–Crippen MR) is 116 cm³/mol. The molecule has 8 nitrogen and oxygen atoms in total. The van der Waals surface area contributed by atoms with Gasteiger partial charge in [0.1, 0.15) is 24.5 Å². The minimum absolute atomic E-state index is 0.0157. The third kappa shape index (κ3) is 5.94. The van der Waals surface area contributed by atoms with Crippen LogP contribution in [0.2, 0.25) is 0 Å². The largest absolute Gasteiger partial charge is 0.480 e. The molecule has 0 unspecified atom stereocenters. The number of benzene rings is 2. The van der Waals surface area contributed by atoms with E-state index in [9.17, 15) is 24.3 Å². The minimum Gasteiger partial charge on any atom is -0.480 e. The number of carboxylic acid groups (broad SMARTS) is 1. The lowest BCUT2D eigenvalue weighted by Gasteiger charge is -2.35. The molecule has 0 aliphatic carbocycles. The maximum Gasteiger partial charge on any atom is 0.411 e. The van der Waals surface area contributed by atoms with Crippen LogP contribution in [0.5, 0.6) is 0 Å². The van der Waals surface area contributed by atoms with E-state index in [-0.39, 0.29) is 38.2 Å². The first kappa shape index (κ1) is 23.0. The van der Waals surface area contributed by atoms with Crippen molar-refractivity contribution in [3.05, 3.63) is 71.3 Å². The Morgan fingerprint density at radius 2 is 1.72 bits per heavy atom. The van der Waals surface area contributed by atoms with Gasteiger partial charge in [-0.05, 0) is 30.0 Å². The number of carbonyl (C=O) groups excluding carboxylic acids is 3. The topological polar surface area (TPSA) is 113 Å². The van der Waals surface area contributed by atoms with Crippen molar-refractivity contribution in [2.75, 3.05) is 0 Å². The summed E-state index contributed by atoms with van der Waals surface area (Å²) < 4.78 is 5.44. The molecule has 2 aromatic rings. The molecule has 2 aromatic carbocycles. The molecule has 2 atom stereocenters. The van der Waals surface area contributed by atoms with Crippen LogP contribution in [0.3, 0.4) is 0 Å². The van der Waals surface area contributed by atoms with Crippen LogP contribution in [0, 0.1) is 0 Å². The molecule has 0 spiro atoms. The highest BCUT2D eigenvalue weighted by Crippen LogP contribution is 2.24. The Morgan fingerprint density at radius 1 is 1.06 bits per heavy atom. The van der Waals surface area contributed by atoms with Crippen LogP contribution in [-0.4, -0.2) is 45.8 Å². The van der Waals surface area contributed by atoms with Gasteiger partial charge in [-0.25, -0.2) is 9.59 Å². The molecule has 0 aromatic heterocycles. The number of nitrogens with zero attached hydrogens (tertiary/aromatic N) is 1. The van der Waals surface area contributed by atoms with Crippen LogP contribution in [-0.2, 0) is 38.7 Å². The van der Waals surface area contributed by atoms with E-state index in [1.165, 1.54) is 11.8 Å². The summed E-state index contributed by atoms with van der Waals surface area (Å²) in [7, 11) is 0. The Bertz CT molecular complexity index is 991. The monoisotopic (exact) mass is 438 g/mol. The Hall–Kier alpha value is -3.68. The smallest absolute Gasteiger partial charge is 0.411 e. The van der Waals surface area contributed by atoms with Gasteiger partial charge < -0.3 is 20.0 Å². The molecule has 2 N–H and O–H groups in total. The van der Waals surface area contributed by atoms with E-state index in [4.69, 9.17) is 4.74 Å². The molecule has 1 heterocycles. The van der Waals surface area contributed by atoms with Gasteiger partial charge in [0.05, 0.1) is 6.54 Å². The number of hydrogen-bond acceptors (Lipinski definition) is 5. The van der Waals surface area contributed by atoms with Crippen LogP contribution in [0.4, 0.5) is 4.79 Å². The fourth-order valence-corrected chi connectivity index (χ4v) is 3.62. The molecule has 0 fully saturated rings. The van der Waals surface area contributed by atoms with E-state index in [2.05, 4.69) is 5.32 Å². The second-order valence-electron chi connectivity index (χ2n) is 7.80. The molecular weight excluding hydrogens is 412 g/mol. The summed E-state index contributed by atoms with van der Waals surface area (Å²) >= 11 is 0. The van der Waals surface area contributed by atoms with Gasteiger partial charge in [-0.15, -0.1) is 0 Å². The molecule has 3 rings (SSSR count). The van der Waals surface area contributed by atoms with E-state index in [1.807, 2.05) is 54.6 Å². The van der Waals surface area contributed by atoms with Crippen molar-refractivity contribution in [3.63, 3.8) is 0 Å². The molecular formula is C24H26N2O6. The molecule has 0 saturated carbocycles. The first-order chi connectivity index (χ1) is 15.3. The molecule has 2 amide bonds. The quantitative estimate of drug-likeness (QED) is 0.655. The summed E-state index contributed by atoms with van der Waals surface area (Å²) in [5.41, 5.74) is 2.63. The van der Waals surface area contributed by atoms with Crippen LogP contribution in [0.1, 0.15) is 36.5 Å². The number of amides is 2. The summed E-state index contributed by atoms with van der Waals surface area (Å²) in [5.74, 6) is -1.98. The molecule has 32 heavy (non-hydrogen) atoms. The lowest BCUT2D eigenvalue weighted by Crippen LogP contribution is -2.55. The van der Waals surface area contributed by atoms with Gasteiger partial charge in [0.15, 0.2) is 0 Å². The number of ketones is 1. The molecule has 1 aliphatic heterocycles. The average molecular weight is 438 g/mol. The number of ether oxygens (including phenoxy) is 1. The first-order valence-corrected chi connectivity index (χ1v) is 10.4. The highest BCUT2D eigenvalue weighted by Gasteiger charge is 2.37. The fourth-order valence-electron chi connectivity index (χ4n) is 3.62. The zero-order valence-corrected chi connectivity index (χ0v) is 17.8. The zero-order valence-electron chi connectivity index (χ0n) is 17.8. The van der Waals surface area contributed by atoms with E-state index >= 15 is 0 Å². The molecule has 0 saturated heterocycles. The number of Topliss-reactive ketones (excluding diaryl/α,β-unsaturated/α-hetero) is 1. The Balaban J connectivity index is 1.76. The molecule has 168 valence electrons. The van der Waals surface area contributed by atoms with Gasteiger partial charge in [-0.1, -0.05) is 54.6 Å². The van der Waals surface area contributed by atoms with Crippen molar-refractivity contribution >= 4 is 23.8 Å². The van der Waals surface area contributed by atoms with E-state index in [1.54, 1.807) is 0 Å². The number of fused-ring (bicyclic) bond motifs is 1. The van der Waals surface area contributed by atoms with E-state index in [0.717, 1.165) is 16.7 Å². The molecule has 0 radical (unpaired) electrons. The summed E-state index contributed by atoms with van der Waals surface area (Å²) in [6, 6.07) is 14.5. The van der Waals surface area contributed by atoms with Crippen molar-refractivity contribution < 1.29 is 29.0 Å². The zero-order chi connectivity index (χ0) is 23.1.